The maximum absolute atomic E-state index is 12.9. The number of fused-ring (bicyclic) bond motifs is 5. The molecule has 0 N–H and O–H groups in total. The molecule has 4 unspecified atom stereocenters. The van der Waals surface area contributed by atoms with Crippen molar-refractivity contribution in [2.45, 2.75) is 19.1 Å². The standard InChI is InChI=1S/C18H17F3N2O4/c19-18(20,21)9-22(7-12-2-1-5-27-12)13(24)8-23-16(25)14-10-3-4-11(6-10)15(14)17(23)26/h1-5,10-11,14-15H,6-9H2. The molecule has 9 heteroatoms. The molecule has 1 aromatic heterocycles. The van der Waals surface area contributed by atoms with Crippen molar-refractivity contribution in [1.29, 1.82) is 0 Å². The van der Waals surface area contributed by atoms with Gasteiger partial charge in [-0.3, -0.25) is 19.3 Å². The van der Waals surface area contributed by atoms with Crippen LogP contribution in [0.4, 0.5) is 13.2 Å². The Hall–Kier alpha value is -2.58. The van der Waals surface area contributed by atoms with E-state index in [2.05, 4.69) is 0 Å². The van der Waals surface area contributed by atoms with Crippen molar-refractivity contribution in [2.24, 2.45) is 23.7 Å². The van der Waals surface area contributed by atoms with Gasteiger partial charge in [0.1, 0.15) is 18.8 Å². The van der Waals surface area contributed by atoms with E-state index in [1.807, 2.05) is 12.2 Å². The molecule has 144 valence electrons. The van der Waals surface area contributed by atoms with Crippen LogP contribution < -0.4 is 0 Å². The van der Waals surface area contributed by atoms with Crippen molar-refractivity contribution in [3.05, 3.63) is 36.3 Å². The highest BCUT2D eigenvalue weighted by molar-refractivity contribution is 6.08. The zero-order chi connectivity index (χ0) is 19.3. The summed E-state index contributed by atoms with van der Waals surface area (Å²) >= 11 is 0. The Morgan fingerprint density at radius 1 is 1.19 bits per heavy atom. The second kappa shape index (κ2) is 6.24. The first-order valence-corrected chi connectivity index (χ1v) is 8.65. The third kappa shape index (κ3) is 3.15. The number of allylic oxidation sites excluding steroid dienone is 2. The molecule has 1 aliphatic heterocycles. The van der Waals surface area contributed by atoms with E-state index >= 15 is 0 Å². The lowest BCUT2D eigenvalue weighted by Gasteiger charge is -2.25. The van der Waals surface area contributed by atoms with E-state index < -0.39 is 48.8 Å². The maximum Gasteiger partial charge on any atom is 0.406 e. The quantitative estimate of drug-likeness (QED) is 0.577. The van der Waals surface area contributed by atoms with Gasteiger partial charge < -0.3 is 9.32 Å². The molecule has 4 atom stereocenters. The average molecular weight is 382 g/mol. The highest BCUT2D eigenvalue weighted by Crippen LogP contribution is 2.52. The zero-order valence-electron chi connectivity index (χ0n) is 14.2. The third-order valence-corrected chi connectivity index (χ3v) is 5.50. The van der Waals surface area contributed by atoms with Crippen LogP contribution >= 0.6 is 0 Å². The molecule has 2 fully saturated rings. The van der Waals surface area contributed by atoms with Gasteiger partial charge in [0.15, 0.2) is 0 Å². The molecule has 3 aliphatic rings. The molecule has 1 saturated heterocycles. The largest absolute Gasteiger partial charge is 0.467 e. The Kier molecular flexibility index (Phi) is 4.12. The van der Waals surface area contributed by atoms with Crippen LogP contribution in [0.1, 0.15) is 12.2 Å². The highest BCUT2D eigenvalue weighted by atomic mass is 19.4. The summed E-state index contributed by atoms with van der Waals surface area (Å²) in [5, 5.41) is 0. The number of imide groups is 1. The minimum absolute atomic E-state index is 0.0223. The second-order valence-electron chi connectivity index (χ2n) is 7.21. The van der Waals surface area contributed by atoms with Gasteiger partial charge in [-0.2, -0.15) is 13.2 Å². The summed E-state index contributed by atoms with van der Waals surface area (Å²) in [5.74, 6) is -2.68. The number of likely N-dealkylation sites (tertiary alicyclic amines) is 1. The first-order valence-electron chi connectivity index (χ1n) is 8.65. The Morgan fingerprint density at radius 2 is 1.81 bits per heavy atom. The first-order chi connectivity index (χ1) is 12.7. The van der Waals surface area contributed by atoms with Crippen LogP contribution in [0.5, 0.6) is 0 Å². The molecule has 0 spiro atoms. The number of halogens is 3. The van der Waals surface area contributed by atoms with Crippen molar-refractivity contribution in [3.63, 3.8) is 0 Å². The first kappa shape index (κ1) is 17.8. The molecule has 2 heterocycles. The minimum atomic E-state index is -4.61. The molecule has 2 bridgehead atoms. The van der Waals surface area contributed by atoms with Crippen molar-refractivity contribution in [2.75, 3.05) is 13.1 Å². The van der Waals surface area contributed by atoms with E-state index in [0.717, 1.165) is 11.3 Å². The Balaban J connectivity index is 1.49. The van der Waals surface area contributed by atoms with Crippen molar-refractivity contribution < 1.29 is 32.0 Å². The fraction of sp³-hybridized carbons (Fsp3) is 0.500. The van der Waals surface area contributed by atoms with E-state index in [1.54, 1.807) is 0 Å². The molecular formula is C18H17F3N2O4. The molecule has 1 aromatic rings. The summed E-state index contributed by atoms with van der Waals surface area (Å²) in [6.45, 7) is -2.55. The Bertz CT molecular complexity index is 772. The molecule has 6 nitrogen and oxygen atoms in total. The normalized spacial score (nSPS) is 28.9. The van der Waals surface area contributed by atoms with Gasteiger partial charge in [-0.15, -0.1) is 0 Å². The molecular weight excluding hydrogens is 365 g/mol. The van der Waals surface area contributed by atoms with Gasteiger partial charge in [0, 0.05) is 0 Å². The van der Waals surface area contributed by atoms with Crippen LogP contribution in [0.2, 0.25) is 0 Å². The van der Waals surface area contributed by atoms with Crippen molar-refractivity contribution in [1.82, 2.24) is 9.80 Å². The summed E-state index contributed by atoms with van der Waals surface area (Å²) in [5.41, 5.74) is 0. The maximum atomic E-state index is 12.9. The van der Waals surface area contributed by atoms with Crippen LogP contribution in [-0.2, 0) is 20.9 Å². The number of rotatable bonds is 5. The molecule has 2 aliphatic carbocycles. The second-order valence-corrected chi connectivity index (χ2v) is 7.21. The molecule has 27 heavy (non-hydrogen) atoms. The van der Waals surface area contributed by atoms with Gasteiger partial charge in [0.2, 0.25) is 17.7 Å². The molecule has 1 saturated carbocycles. The average Bonchev–Trinajstić information content (AvgIpc) is 3.35. The summed E-state index contributed by atoms with van der Waals surface area (Å²) < 4.78 is 43.7. The Morgan fingerprint density at radius 3 is 2.33 bits per heavy atom. The fourth-order valence-electron chi connectivity index (χ4n) is 4.39. The topological polar surface area (TPSA) is 70.8 Å². The van der Waals surface area contributed by atoms with Gasteiger partial charge in [-0.25, -0.2) is 0 Å². The van der Waals surface area contributed by atoms with Crippen LogP contribution in [-0.4, -0.2) is 46.8 Å². The van der Waals surface area contributed by atoms with Crippen LogP contribution in [0, 0.1) is 23.7 Å². The summed E-state index contributed by atoms with van der Waals surface area (Å²) in [6, 6.07) is 2.96. The van der Waals surface area contributed by atoms with Crippen molar-refractivity contribution in [3.8, 4) is 0 Å². The lowest BCUT2D eigenvalue weighted by molar-refractivity contribution is -0.164. The van der Waals surface area contributed by atoms with Crippen LogP contribution in [0.15, 0.2) is 35.0 Å². The van der Waals surface area contributed by atoms with E-state index in [4.69, 9.17) is 4.42 Å². The number of alkyl halides is 3. The number of carbonyl (C=O) groups excluding carboxylic acids is 3. The predicted octanol–water partition coefficient (Wildman–Crippen LogP) is 1.98. The summed E-state index contributed by atoms with van der Waals surface area (Å²) in [4.78, 5) is 39.1. The summed E-state index contributed by atoms with van der Waals surface area (Å²) in [6.07, 6.45) is 1.25. The van der Waals surface area contributed by atoms with Crippen LogP contribution in [0.25, 0.3) is 0 Å². The zero-order valence-corrected chi connectivity index (χ0v) is 14.2. The Labute approximate surface area is 152 Å². The van der Waals surface area contributed by atoms with E-state index in [9.17, 15) is 27.6 Å². The number of carbonyl (C=O) groups is 3. The third-order valence-electron chi connectivity index (χ3n) is 5.50. The van der Waals surface area contributed by atoms with E-state index in [0.29, 0.717) is 4.90 Å². The van der Waals surface area contributed by atoms with Gasteiger partial charge >= 0.3 is 6.18 Å². The lowest BCUT2D eigenvalue weighted by Crippen LogP contribution is -2.46. The molecule has 4 rings (SSSR count). The molecule has 3 amide bonds. The van der Waals surface area contributed by atoms with E-state index in [-0.39, 0.29) is 24.1 Å². The number of furan rings is 1. The van der Waals surface area contributed by atoms with E-state index in [1.165, 1.54) is 18.4 Å². The smallest absolute Gasteiger partial charge is 0.406 e. The highest BCUT2D eigenvalue weighted by Gasteiger charge is 2.59. The SMILES string of the molecule is O=C(CN1C(=O)C2C3C=CC(C3)C2C1=O)N(Cc1ccco1)CC(F)(F)F. The van der Waals surface area contributed by atoms with Gasteiger partial charge in [-0.05, 0) is 30.4 Å². The fourth-order valence-corrected chi connectivity index (χ4v) is 4.39. The monoisotopic (exact) mass is 382 g/mol. The number of amides is 3. The summed E-state index contributed by atoms with van der Waals surface area (Å²) in [7, 11) is 0. The number of hydrogen-bond acceptors (Lipinski definition) is 4. The molecule has 0 radical (unpaired) electrons. The lowest BCUT2D eigenvalue weighted by atomic mass is 9.85. The number of nitrogens with zero attached hydrogens (tertiary/aromatic N) is 2. The van der Waals surface area contributed by atoms with Gasteiger partial charge in [-0.1, -0.05) is 12.2 Å². The van der Waals surface area contributed by atoms with Crippen molar-refractivity contribution >= 4 is 17.7 Å². The van der Waals surface area contributed by atoms with Gasteiger partial charge in [0.25, 0.3) is 0 Å². The minimum Gasteiger partial charge on any atom is -0.467 e. The van der Waals surface area contributed by atoms with Gasteiger partial charge in [0.05, 0.1) is 24.6 Å². The number of hydrogen-bond donors (Lipinski definition) is 0. The molecule has 0 aromatic carbocycles. The van der Waals surface area contributed by atoms with Crippen LogP contribution in [0.3, 0.4) is 0 Å². The predicted molar refractivity (Wildman–Crippen MR) is 84.6 cm³/mol.